The number of benzene rings is 2. The Labute approximate surface area is 164 Å². The Bertz CT molecular complexity index is 1140. The summed E-state index contributed by atoms with van der Waals surface area (Å²) in [5.41, 5.74) is 2.31. The molecule has 2 aromatic heterocycles. The first-order valence-corrected chi connectivity index (χ1v) is 10.3. The second-order valence-corrected chi connectivity index (χ2v) is 7.84. The van der Waals surface area contributed by atoms with E-state index in [1.165, 1.54) is 23.1 Å². The third kappa shape index (κ3) is 3.86. The van der Waals surface area contributed by atoms with Crippen LogP contribution in [0.2, 0.25) is 0 Å². The summed E-state index contributed by atoms with van der Waals surface area (Å²) in [7, 11) is 0. The van der Waals surface area contributed by atoms with E-state index in [2.05, 4.69) is 4.98 Å². The van der Waals surface area contributed by atoms with E-state index in [0.29, 0.717) is 27.5 Å². The molecule has 4 nitrogen and oxygen atoms in total. The van der Waals surface area contributed by atoms with Gasteiger partial charge in [0.2, 0.25) is 0 Å². The SMILES string of the molecule is O=C(CSc1nc2ccsc2c(=O)n1Cc1ccccc1)c1ccccc1. The minimum absolute atomic E-state index is 0.0199. The molecule has 27 heavy (non-hydrogen) atoms. The number of fused-ring (bicyclic) bond motifs is 1. The first kappa shape index (κ1) is 17.7. The van der Waals surface area contributed by atoms with Crippen molar-refractivity contribution in [3.8, 4) is 0 Å². The number of ketones is 1. The fourth-order valence-corrected chi connectivity index (χ4v) is 4.45. The minimum Gasteiger partial charge on any atom is -0.293 e. The molecule has 0 spiro atoms. The highest BCUT2D eigenvalue weighted by Crippen LogP contribution is 2.22. The smallest absolute Gasteiger partial charge is 0.272 e. The van der Waals surface area contributed by atoms with Crippen LogP contribution in [0.1, 0.15) is 15.9 Å². The van der Waals surface area contributed by atoms with Gasteiger partial charge in [0.25, 0.3) is 5.56 Å². The molecular formula is C21H16N2O2S2. The number of carbonyl (C=O) groups is 1. The van der Waals surface area contributed by atoms with E-state index in [-0.39, 0.29) is 17.1 Å². The van der Waals surface area contributed by atoms with Crippen LogP contribution in [-0.2, 0) is 6.54 Å². The van der Waals surface area contributed by atoms with Gasteiger partial charge >= 0.3 is 0 Å². The topological polar surface area (TPSA) is 52.0 Å². The number of nitrogens with zero attached hydrogens (tertiary/aromatic N) is 2. The molecule has 0 fully saturated rings. The molecular weight excluding hydrogens is 376 g/mol. The van der Waals surface area contributed by atoms with Crippen molar-refractivity contribution in [1.29, 1.82) is 0 Å². The summed E-state index contributed by atoms with van der Waals surface area (Å²) in [6, 6.07) is 20.8. The summed E-state index contributed by atoms with van der Waals surface area (Å²) in [5.74, 6) is 0.257. The number of thiophene rings is 1. The highest BCUT2D eigenvalue weighted by molar-refractivity contribution is 7.99. The summed E-state index contributed by atoms with van der Waals surface area (Å²) in [4.78, 5) is 30.1. The fourth-order valence-electron chi connectivity index (χ4n) is 2.78. The van der Waals surface area contributed by atoms with Crippen LogP contribution in [0, 0.1) is 0 Å². The molecule has 0 atom stereocenters. The summed E-state index contributed by atoms with van der Waals surface area (Å²) >= 11 is 2.71. The van der Waals surface area contributed by atoms with Crippen LogP contribution in [0.3, 0.4) is 0 Å². The van der Waals surface area contributed by atoms with E-state index in [0.717, 1.165) is 5.56 Å². The Morgan fingerprint density at radius 1 is 1.00 bits per heavy atom. The van der Waals surface area contributed by atoms with Crippen LogP contribution in [0.25, 0.3) is 10.2 Å². The molecule has 2 heterocycles. The molecule has 0 aliphatic carbocycles. The van der Waals surface area contributed by atoms with E-state index in [1.54, 1.807) is 16.7 Å². The molecule has 6 heteroatoms. The Morgan fingerprint density at radius 2 is 1.70 bits per heavy atom. The number of rotatable bonds is 6. The Morgan fingerprint density at radius 3 is 2.44 bits per heavy atom. The zero-order valence-corrected chi connectivity index (χ0v) is 16.0. The molecule has 0 bridgehead atoms. The minimum atomic E-state index is -0.0616. The van der Waals surface area contributed by atoms with Gasteiger partial charge in [0.1, 0.15) is 4.70 Å². The monoisotopic (exact) mass is 392 g/mol. The summed E-state index contributed by atoms with van der Waals surface area (Å²) in [6.45, 7) is 0.433. The van der Waals surface area contributed by atoms with Gasteiger partial charge in [-0.1, -0.05) is 72.4 Å². The molecule has 0 aliphatic rings. The Kier molecular flexibility index (Phi) is 5.18. The van der Waals surface area contributed by atoms with Crippen molar-refractivity contribution in [2.24, 2.45) is 0 Å². The maximum Gasteiger partial charge on any atom is 0.272 e. The second kappa shape index (κ2) is 7.90. The molecule has 0 unspecified atom stereocenters. The molecule has 0 aliphatic heterocycles. The van der Waals surface area contributed by atoms with Crippen molar-refractivity contribution < 1.29 is 4.79 Å². The zero-order valence-electron chi connectivity index (χ0n) is 14.4. The normalized spacial score (nSPS) is 11.0. The van der Waals surface area contributed by atoms with Gasteiger partial charge in [0.05, 0.1) is 17.8 Å². The Hall–Kier alpha value is -2.70. The maximum absolute atomic E-state index is 13.0. The lowest BCUT2D eigenvalue weighted by Crippen LogP contribution is -2.23. The molecule has 4 aromatic rings. The lowest BCUT2D eigenvalue weighted by Gasteiger charge is -2.12. The van der Waals surface area contributed by atoms with E-state index in [4.69, 9.17) is 0 Å². The molecule has 0 saturated heterocycles. The molecule has 0 radical (unpaired) electrons. The van der Waals surface area contributed by atoms with Crippen molar-refractivity contribution in [3.05, 3.63) is 93.6 Å². The molecule has 0 amide bonds. The van der Waals surface area contributed by atoms with E-state index in [1.807, 2.05) is 60.0 Å². The number of carbonyl (C=O) groups excluding carboxylic acids is 1. The first-order valence-electron chi connectivity index (χ1n) is 8.45. The maximum atomic E-state index is 13.0. The largest absolute Gasteiger partial charge is 0.293 e. The van der Waals surface area contributed by atoms with Gasteiger partial charge < -0.3 is 0 Å². The highest BCUT2D eigenvalue weighted by Gasteiger charge is 2.15. The van der Waals surface area contributed by atoms with Gasteiger partial charge in [-0.25, -0.2) is 4.98 Å². The van der Waals surface area contributed by atoms with E-state index >= 15 is 0 Å². The van der Waals surface area contributed by atoms with Gasteiger partial charge in [-0.3, -0.25) is 14.2 Å². The van der Waals surface area contributed by atoms with Crippen LogP contribution < -0.4 is 5.56 Å². The van der Waals surface area contributed by atoms with Crippen LogP contribution in [-0.4, -0.2) is 21.1 Å². The quantitative estimate of drug-likeness (QED) is 0.276. The van der Waals surface area contributed by atoms with Crippen molar-refractivity contribution in [1.82, 2.24) is 9.55 Å². The number of thioether (sulfide) groups is 1. The lowest BCUT2D eigenvalue weighted by atomic mass is 10.2. The van der Waals surface area contributed by atoms with Crippen molar-refractivity contribution in [2.75, 3.05) is 5.75 Å². The van der Waals surface area contributed by atoms with Gasteiger partial charge in [0.15, 0.2) is 10.9 Å². The fraction of sp³-hybridized carbons (Fsp3) is 0.0952. The highest BCUT2D eigenvalue weighted by atomic mass is 32.2. The number of hydrogen-bond acceptors (Lipinski definition) is 5. The van der Waals surface area contributed by atoms with Gasteiger partial charge in [-0.05, 0) is 17.0 Å². The lowest BCUT2D eigenvalue weighted by molar-refractivity contribution is 0.102. The number of aromatic nitrogens is 2. The predicted octanol–water partition coefficient (Wildman–Crippen LogP) is 4.48. The number of Topliss-reactive ketones (excluding diaryl/α,β-unsaturated/α-hetero) is 1. The van der Waals surface area contributed by atoms with Crippen LogP contribution in [0.4, 0.5) is 0 Å². The second-order valence-electron chi connectivity index (χ2n) is 5.98. The Balaban J connectivity index is 1.67. The third-order valence-electron chi connectivity index (χ3n) is 4.14. The molecule has 4 rings (SSSR count). The summed E-state index contributed by atoms with van der Waals surface area (Å²) < 4.78 is 2.31. The van der Waals surface area contributed by atoms with Crippen molar-refractivity contribution in [3.63, 3.8) is 0 Å². The predicted molar refractivity (Wildman–Crippen MR) is 111 cm³/mol. The third-order valence-corrected chi connectivity index (χ3v) is 6.01. The zero-order chi connectivity index (χ0) is 18.6. The van der Waals surface area contributed by atoms with Crippen LogP contribution >= 0.6 is 23.1 Å². The standard InChI is InChI=1S/C21H16N2O2S2/c24-18(16-9-5-2-6-10-16)14-27-21-22-17-11-12-26-19(17)20(25)23(21)13-15-7-3-1-4-8-15/h1-12H,13-14H2. The first-order chi connectivity index (χ1) is 13.2. The molecule has 2 aromatic carbocycles. The van der Waals surface area contributed by atoms with Gasteiger partial charge in [-0.15, -0.1) is 11.3 Å². The average molecular weight is 393 g/mol. The molecule has 0 saturated carbocycles. The van der Waals surface area contributed by atoms with Gasteiger partial charge in [0, 0.05) is 5.56 Å². The van der Waals surface area contributed by atoms with Crippen molar-refractivity contribution in [2.45, 2.75) is 11.7 Å². The van der Waals surface area contributed by atoms with Gasteiger partial charge in [-0.2, -0.15) is 0 Å². The number of hydrogen-bond donors (Lipinski definition) is 0. The average Bonchev–Trinajstić information content (AvgIpc) is 3.19. The molecule has 134 valence electrons. The summed E-state index contributed by atoms with van der Waals surface area (Å²) in [5, 5.41) is 2.44. The summed E-state index contributed by atoms with van der Waals surface area (Å²) in [6.07, 6.45) is 0. The van der Waals surface area contributed by atoms with Crippen LogP contribution in [0.15, 0.2) is 82.1 Å². The van der Waals surface area contributed by atoms with Crippen molar-refractivity contribution >= 4 is 39.1 Å². The van der Waals surface area contributed by atoms with Crippen LogP contribution in [0.5, 0.6) is 0 Å². The van der Waals surface area contributed by atoms with E-state index in [9.17, 15) is 9.59 Å². The van der Waals surface area contributed by atoms with E-state index < -0.39 is 0 Å². The molecule has 0 N–H and O–H groups in total.